The molecule has 0 bridgehead atoms. The first-order chi connectivity index (χ1) is 16.4. The zero-order valence-corrected chi connectivity index (χ0v) is 21.1. The van der Waals surface area contributed by atoms with Crippen molar-refractivity contribution in [3.05, 3.63) is 77.4 Å². The number of hydrogen-bond donors (Lipinski definition) is 0. The van der Waals surface area contributed by atoms with Crippen LogP contribution in [0.4, 0.5) is 0 Å². The van der Waals surface area contributed by atoms with E-state index in [1.165, 1.54) is 16.8 Å². The summed E-state index contributed by atoms with van der Waals surface area (Å²) in [5.74, 6) is 0.508. The molecule has 5 nitrogen and oxygen atoms in total. The van der Waals surface area contributed by atoms with Crippen LogP contribution in [-0.2, 0) is 22.7 Å². The molecule has 3 aromatic rings. The van der Waals surface area contributed by atoms with E-state index in [0.29, 0.717) is 22.9 Å². The van der Waals surface area contributed by atoms with Crippen LogP contribution in [0.15, 0.2) is 65.3 Å². The molecule has 0 aliphatic heterocycles. The van der Waals surface area contributed by atoms with Crippen LogP contribution in [0.5, 0.6) is 0 Å². The van der Waals surface area contributed by atoms with E-state index in [1.54, 1.807) is 32.2 Å². The minimum Gasteiger partial charge on any atom is -0.260 e. The van der Waals surface area contributed by atoms with Gasteiger partial charge in [-0.3, -0.25) is 4.98 Å². The minimum absolute atomic E-state index is 0.128. The van der Waals surface area contributed by atoms with Crippen LogP contribution in [0, 0.1) is 11.3 Å². The second-order valence-electron chi connectivity index (χ2n) is 9.97. The maximum atomic E-state index is 12.9. The Labute approximate surface area is 202 Å². The molecule has 2 heterocycles. The summed E-state index contributed by atoms with van der Waals surface area (Å²) in [5.41, 5.74) is 5.98. The Kier molecular flexibility index (Phi) is 5.96. The van der Waals surface area contributed by atoms with E-state index < -0.39 is 15.1 Å². The molecule has 0 N–H and O–H groups in total. The number of para-hydroxylation sites is 1. The molecule has 0 spiro atoms. The van der Waals surface area contributed by atoms with Crippen molar-refractivity contribution in [1.29, 1.82) is 0 Å². The molecule has 1 fully saturated rings. The van der Waals surface area contributed by atoms with E-state index in [4.69, 9.17) is 5.10 Å². The summed E-state index contributed by atoms with van der Waals surface area (Å²) in [6, 6.07) is 13.8. The van der Waals surface area contributed by atoms with Gasteiger partial charge in [0.05, 0.1) is 33.4 Å². The summed E-state index contributed by atoms with van der Waals surface area (Å²) in [5, 5.41) is 4.28. The highest BCUT2D eigenvalue weighted by Crippen LogP contribution is 2.56. The molecule has 2 aliphatic rings. The SMILES string of the molecule is CC[C@]12Cc3cnn(-c4ccccc4)c3C=C1CC[C@H]2CCc1ncccc1S(=O)(=O)C(C)C. The van der Waals surface area contributed by atoms with E-state index >= 15 is 0 Å². The van der Waals surface area contributed by atoms with Gasteiger partial charge in [-0.15, -0.1) is 0 Å². The van der Waals surface area contributed by atoms with Crippen molar-refractivity contribution in [2.24, 2.45) is 11.3 Å². The number of rotatable bonds is 7. The third-order valence-electron chi connectivity index (χ3n) is 8.02. The molecular formula is C28H33N3O2S. The highest BCUT2D eigenvalue weighted by atomic mass is 32.2. The molecule has 34 heavy (non-hydrogen) atoms. The number of aromatic nitrogens is 3. The van der Waals surface area contributed by atoms with Crippen LogP contribution < -0.4 is 0 Å². The smallest absolute Gasteiger partial charge is 0.182 e. The van der Waals surface area contributed by atoms with E-state index in [0.717, 1.165) is 37.8 Å². The highest BCUT2D eigenvalue weighted by Gasteiger charge is 2.47. The third-order valence-corrected chi connectivity index (χ3v) is 10.2. The Hall–Kier alpha value is -2.73. The van der Waals surface area contributed by atoms with Gasteiger partial charge in [-0.25, -0.2) is 13.1 Å². The molecule has 0 radical (unpaired) electrons. The Morgan fingerprint density at radius 2 is 1.94 bits per heavy atom. The molecule has 2 aromatic heterocycles. The topological polar surface area (TPSA) is 64.8 Å². The van der Waals surface area contributed by atoms with Gasteiger partial charge in [0.25, 0.3) is 0 Å². The number of nitrogens with zero attached hydrogens (tertiary/aromatic N) is 3. The molecule has 5 rings (SSSR count). The number of aryl methyl sites for hydroxylation is 1. The van der Waals surface area contributed by atoms with Crippen molar-refractivity contribution in [3.8, 4) is 5.69 Å². The summed E-state index contributed by atoms with van der Waals surface area (Å²) >= 11 is 0. The first-order valence-corrected chi connectivity index (χ1v) is 13.9. The predicted molar refractivity (Wildman–Crippen MR) is 136 cm³/mol. The van der Waals surface area contributed by atoms with Crippen molar-refractivity contribution >= 4 is 15.9 Å². The van der Waals surface area contributed by atoms with Crippen molar-refractivity contribution < 1.29 is 8.42 Å². The predicted octanol–water partition coefficient (Wildman–Crippen LogP) is 5.83. The molecule has 178 valence electrons. The standard InChI is InChI=1S/C28H33N3O2S/c1-4-28-18-21-19-30-31(24-9-6-5-7-10-24)26(21)17-23(28)13-12-22(28)14-15-25-27(11-8-16-29-25)34(32,33)20(2)3/h5-11,16-17,19-20,22H,4,12-15,18H2,1-3H3/t22-,28+/m0/s1. The molecule has 0 unspecified atom stereocenters. The number of sulfone groups is 1. The third kappa shape index (κ3) is 3.72. The van der Waals surface area contributed by atoms with Gasteiger partial charge in [0.15, 0.2) is 9.84 Å². The molecule has 6 heteroatoms. The van der Waals surface area contributed by atoms with Crippen LogP contribution in [0.1, 0.15) is 63.4 Å². The summed E-state index contributed by atoms with van der Waals surface area (Å²) in [4.78, 5) is 4.91. The molecule has 1 aromatic carbocycles. The van der Waals surface area contributed by atoms with Gasteiger partial charge >= 0.3 is 0 Å². The van der Waals surface area contributed by atoms with Gasteiger partial charge in [0.2, 0.25) is 0 Å². The van der Waals surface area contributed by atoms with Crippen LogP contribution in [0.3, 0.4) is 0 Å². The first-order valence-electron chi connectivity index (χ1n) is 12.4. The molecule has 2 aliphatic carbocycles. The lowest BCUT2D eigenvalue weighted by molar-refractivity contribution is 0.219. The second kappa shape index (κ2) is 8.81. The van der Waals surface area contributed by atoms with Crippen molar-refractivity contribution in [1.82, 2.24) is 14.8 Å². The van der Waals surface area contributed by atoms with Crippen molar-refractivity contribution in [2.75, 3.05) is 0 Å². The van der Waals surface area contributed by atoms with Gasteiger partial charge in [0, 0.05) is 6.20 Å². The molecule has 1 saturated carbocycles. The Morgan fingerprint density at radius 1 is 1.15 bits per heavy atom. The van der Waals surface area contributed by atoms with Crippen LogP contribution in [0.25, 0.3) is 11.8 Å². The second-order valence-corrected chi connectivity index (χ2v) is 12.4. The number of pyridine rings is 1. The highest BCUT2D eigenvalue weighted by molar-refractivity contribution is 7.92. The summed E-state index contributed by atoms with van der Waals surface area (Å²) in [6.45, 7) is 5.77. The Morgan fingerprint density at radius 3 is 2.68 bits per heavy atom. The fourth-order valence-electron chi connectivity index (χ4n) is 6.05. The summed E-state index contributed by atoms with van der Waals surface area (Å²) in [6.07, 6.45) is 12.1. The first kappa shape index (κ1) is 23.0. The van der Waals surface area contributed by atoms with Crippen LogP contribution >= 0.6 is 0 Å². The fraction of sp³-hybridized carbons (Fsp3) is 0.429. The number of benzene rings is 1. The Balaban J connectivity index is 1.42. The quantitative estimate of drug-likeness (QED) is 0.431. The lowest BCUT2D eigenvalue weighted by atomic mass is 9.65. The van der Waals surface area contributed by atoms with E-state index in [2.05, 4.69) is 34.8 Å². The van der Waals surface area contributed by atoms with Gasteiger partial charge in [-0.1, -0.05) is 30.7 Å². The molecular weight excluding hydrogens is 442 g/mol. The average Bonchev–Trinajstić information content (AvgIpc) is 3.42. The molecule has 0 saturated heterocycles. The fourth-order valence-corrected chi connectivity index (χ4v) is 7.31. The summed E-state index contributed by atoms with van der Waals surface area (Å²) in [7, 11) is -3.35. The molecule has 0 amide bonds. The van der Waals surface area contributed by atoms with Crippen LogP contribution in [-0.4, -0.2) is 28.4 Å². The van der Waals surface area contributed by atoms with Gasteiger partial charge in [-0.2, -0.15) is 5.10 Å². The number of fused-ring (bicyclic) bond motifs is 2. The number of allylic oxidation sites excluding steroid dienone is 1. The van der Waals surface area contributed by atoms with E-state index in [-0.39, 0.29) is 5.41 Å². The van der Waals surface area contributed by atoms with Gasteiger partial charge < -0.3 is 0 Å². The monoisotopic (exact) mass is 475 g/mol. The zero-order chi connectivity index (χ0) is 23.9. The van der Waals surface area contributed by atoms with Gasteiger partial charge in [-0.05, 0) is 99.6 Å². The lowest BCUT2D eigenvalue weighted by Crippen LogP contribution is -2.32. The average molecular weight is 476 g/mol. The lowest BCUT2D eigenvalue weighted by Gasteiger charge is -2.39. The van der Waals surface area contributed by atoms with Crippen molar-refractivity contribution in [3.63, 3.8) is 0 Å². The number of hydrogen-bond acceptors (Lipinski definition) is 4. The maximum absolute atomic E-state index is 12.9. The Bertz CT molecular complexity index is 1320. The molecule has 2 atom stereocenters. The van der Waals surface area contributed by atoms with Gasteiger partial charge in [0.1, 0.15) is 0 Å². The van der Waals surface area contributed by atoms with E-state index in [9.17, 15) is 8.42 Å². The maximum Gasteiger partial charge on any atom is 0.182 e. The zero-order valence-electron chi connectivity index (χ0n) is 20.2. The summed E-state index contributed by atoms with van der Waals surface area (Å²) < 4.78 is 27.9. The van der Waals surface area contributed by atoms with Crippen molar-refractivity contribution in [2.45, 2.75) is 69.4 Å². The van der Waals surface area contributed by atoms with Crippen LogP contribution in [0.2, 0.25) is 0 Å². The largest absolute Gasteiger partial charge is 0.260 e. The minimum atomic E-state index is -3.35. The van der Waals surface area contributed by atoms with E-state index in [1.807, 2.05) is 24.4 Å². The normalized spacial score (nSPS) is 21.9.